The zero-order valence-electron chi connectivity index (χ0n) is 9.16. The summed E-state index contributed by atoms with van der Waals surface area (Å²) < 4.78 is 0. The second kappa shape index (κ2) is 5.51. The van der Waals surface area contributed by atoms with Crippen molar-refractivity contribution >= 4 is 5.97 Å². The van der Waals surface area contributed by atoms with Gasteiger partial charge in [-0.3, -0.25) is 0 Å². The number of aromatic carboxylic acids is 1. The number of likely N-dealkylation sites (N-methyl/N-ethyl adjacent to an activating group) is 1. The van der Waals surface area contributed by atoms with Gasteiger partial charge >= 0.3 is 5.97 Å². The number of hydrogen-bond acceptors (Lipinski definition) is 2. The molecule has 1 atom stereocenters. The molecule has 0 aromatic heterocycles. The third kappa shape index (κ3) is 3.06. The Hall–Kier alpha value is -1.35. The fourth-order valence-electron chi connectivity index (χ4n) is 1.67. The predicted octanol–water partition coefficient (Wildman–Crippen LogP) is 2.10. The number of hydrogen-bond donors (Lipinski definition) is 2. The van der Waals surface area contributed by atoms with Crippen molar-refractivity contribution in [2.24, 2.45) is 0 Å². The molecule has 1 rings (SSSR count). The van der Waals surface area contributed by atoms with Crippen LogP contribution in [0.15, 0.2) is 24.3 Å². The van der Waals surface area contributed by atoms with Crippen LogP contribution in [0.4, 0.5) is 0 Å². The van der Waals surface area contributed by atoms with Gasteiger partial charge in [-0.1, -0.05) is 19.1 Å². The van der Waals surface area contributed by atoms with E-state index in [1.165, 1.54) is 0 Å². The molecular weight excluding hydrogens is 190 g/mol. The molecule has 0 fully saturated rings. The predicted molar refractivity (Wildman–Crippen MR) is 60.4 cm³/mol. The molecule has 0 aliphatic heterocycles. The van der Waals surface area contributed by atoms with Crippen molar-refractivity contribution in [2.45, 2.75) is 19.3 Å². The first-order chi connectivity index (χ1) is 7.19. The summed E-state index contributed by atoms with van der Waals surface area (Å²) >= 11 is 0. The Balaban J connectivity index is 2.92. The highest BCUT2D eigenvalue weighted by Crippen LogP contribution is 2.19. The molecule has 3 heteroatoms. The molecule has 0 spiro atoms. The van der Waals surface area contributed by atoms with E-state index >= 15 is 0 Å². The lowest BCUT2D eigenvalue weighted by molar-refractivity contribution is 0.0696. The highest BCUT2D eigenvalue weighted by atomic mass is 16.4. The number of rotatable bonds is 5. The van der Waals surface area contributed by atoms with Crippen LogP contribution in [0.1, 0.15) is 35.2 Å². The summed E-state index contributed by atoms with van der Waals surface area (Å²) in [4.78, 5) is 10.8. The molecule has 0 saturated carbocycles. The van der Waals surface area contributed by atoms with Gasteiger partial charge in [-0.25, -0.2) is 4.79 Å². The van der Waals surface area contributed by atoms with Crippen molar-refractivity contribution in [3.8, 4) is 0 Å². The lowest BCUT2D eigenvalue weighted by atomic mass is 9.95. The normalized spacial score (nSPS) is 12.4. The van der Waals surface area contributed by atoms with Crippen LogP contribution in [0.5, 0.6) is 0 Å². The Kier molecular flexibility index (Phi) is 4.31. The van der Waals surface area contributed by atoms with Gasteiger partial charge in [-0.05, 0) is 37.1 Å². The van der Waals surface area contributed by atoms with Gasteiger partial charge in [0.1, 0.15) is 0 Å². The fourth-order valence-corrected chi connectivity index (χ4v) is 1.67. The number of carboxylic acids is 1. The topological polar surface area (TPSA) is 49.3 Å². The van der Waals surface area contributed by atoms with Crippen LogP contribution >= 0.6 is 0 Å². The van der Waals surface area contributed by atoms with E-state index in [0.29, 0.717) is 11.5 Å². The zero-order chi connectivity index (χ0) is 11.3. The first kappa shape index (κ1) is 11.7. The first-order valence-electron chi connectivity index (χ1n) is 5.16. The van der Waals surface area contributed by atoms with E-state index in [1.54, 1.807) is 18.2 Å². The lowest BCUT2D eigenvalue weighted by Gasteiger charge is -2.14. The molecule has 1 aromatic carbocycles. The zero-order valence-corrected chi connectivity index (χ0v) is 9.16. The molecule has 0 heterocycles. The van der Waals surface area contributed by atoms with Gasteiger partial charge < -0.3 is 10.4 Å². The van der Waals surface area contributed by atoms with E-state index in [4.69, 9.17) is 5.11 Å². The van der Waals surface area contributed by atoms with E-state index < -0.39 is 5.97 Å². The van der Waals surface area contributed by atoms with Gasteiger partial charge in [0.05, 0.1) is 5.56 Å². The Morgan fingerprint density at radius 1 is 1.53 bits per heavy atom. The van der Waals surface area contributed by atoms with Gasteiger partial charge in [0.25, 0.3) is 0 Å². The van der Waals surface area contributed by atoms with E-state index in [0.717, 1.165) is 18.5 Å². The van der Waals surface area contributed by atoms with E-state index in [9.17, 15) is 4.79 Å². The highest BCUT2D eigenvalue weighted by Gasteiger charge is 2.10. The molecule has 0 saturated heterocycles. The number of nitrogens with one attached hydrogen (secondary N) is 1. The van der Waals surface area contributed by atoms with Crippen LogP contribution in [0.25, 0.3) is 0 Å². The van der Waals surface area contributed by atoms with Gasteiger partial charge in [0.2, 0.25) is 0 Å². The van der Waals surface area contributed by atoms with E-state index in [2.05, 4.69) is 12.2 Å². The Labute approximate surface area is 90.1 Å². The molecule has 0 radical (unpaired) electrons. The first-order valence-corrected chi connectivity index (χ1v) is 5.16. The molecule has 3 nitrogen and oxygen atoms in total. The molecule has 0 bridgehead atoms. The van der Waals surface area contributed by atoms with Gasteiger partial charge in [0, 0.05) is 6.54 Å². The monoisotopic (exact) mass is 207 g/mol. The maximum absolute atomic E-state index is 10.8. The standard InChI is InChI=1S/C12H17NO2/c1-3-9(8-13-2)10-5-4-6-11(7-10)12(14)15/h4-7,9,13H,3,8H2,1-2H3,(H,14,15). The minimum absolute atomic E-state index is 0.363. The van der Waals surface area contributed by atoms with Crippen molar-refractivity contribution in [1.29, 1.82) is 0 Å². The third-order valence-electron chi connectivity index (χ3n) is 2.55. The van der Waals surface area contributed by atoms with Gasteiger partial charge in [-0.2, -0.15) is 0 Å². The largest absolute Gasteiger partial charge is 0.478 e. The van der Waals surface area contributed by atoms with Crippen LogP contribution in [0, 0.1) is 0 Å². The second-order valence-electron chi connectivity index (χ2n) is 3.59. The van der Waals surface area contributed by atoms with E-state index in [-0.39, 0.29) is 0 Å². The van der Waals surface area contributed by atoms with Crippen LogP contribution in [0.2, 0.25) is 0 Å². The van der Waals surface area contributed by atoms with E-state index in [1.807, 2.05) is 13.1 Å². The molecule has 15 heavy (non-hydrogen) atoms. The maximum Gasteiger partial charge on any atom is 0.335 e. The molecule has 0 aliphatic carbocycles. The smallest absolute Gasteiger partial charge is 0.335 e. The lowest BCUT2D eigenvalue weighted by Crippen LogP contribution is -2.16. The molecule has 0 amide bonds. The Morgan fingerprint density at radius 3 is 2.80 bits per heavy atom. The van der Waals surface area contributed by atoms with Gasteiger partial charge in [-0.15, -0.1) is 0 Å². The minimum atomic E-state index is -0.865. The molecular formula is C12H17NO2. The fraction of sp³-hybridized carbons (Fsp3) is 0.417. The molecule has 1 unspecified atom stereocenters. The van der Waals surface area contributed by atoms with Crippen molar-refractivity contribution in [1.82, 2.24) is 5.32 Å². The average molecular weight is 207 g/mol. The molecule has 1 aromatic rings. The van der Waals surface area contributed by atoms with Crippen LogP contribution in [-0.4, -0.2) is 24.7 Å². The number of benzene rings is 1. The van der Waals surface area contributed by atoms with Gasteiger partial charge in [0.15, 0.2) is 0 Å². The number of carbonyl (C=O) groups is 1. The Bertz CT molecular complexity index is 336. The summed E-state index contributed by atoms with van der Waals surface area (Å²) in [7, 11) is 1.91. The Morgan fingerprint density at radius 2 is 2.27 bits per heavy atom. The third-order valence-corrected chi connectivity index (χ3v) is 2.55. The SMILES string of the molecule is CCC(CNC)c1cccc(C(=O)O)c1. The highest BCUT2D eigenvalue weighted by molar-refractivity contribution is 5.87. The van der Waals surface area contributed by atoms with Crippen molar-refractivity contribution in [2.75, 3.05) is 13.6 Å². The summed E-state index contributed by atoms with van der Waals surface area (Å²) in [6.07, 6.45) is 1.00. The summed E-state index contributed by atoms with van der Waals surface area (Å²) in [5.74, 6) is -0.481. The quantitative estimate of drug-likeness (QED) is 0.777. The summed E-state index contributed by atoms with van der Waals surface area (Å²) in [5, 5.41) is 12.0. The molecule has 82 valence electrons. The molecule has 2 N–H and O–H groups in total. The van der Waals surface area contributed by atoms with Crippen LogP contribution in [-0.2, 0) is 0 Å². The van der Waals surface area contributed by atoms with Crippen molar-refractivity contribution in [3.63, 3.8) is 0 Å². The van der Waals surface area contributed by atoms with Crippen LogP contribution < -0.4 is 5.32 Å². The summed E-state index contributed by atoms with van der Waals surface area (Å²) in [6, 6.07) is 7.17. The van der Waals surface area contributed by atoms with Crippen LogP contribution in [0.3, 0.4) is 0 Å². The minimum Gasteiger partial charge on any atom is -0.478 e. The maximum atomic E-state index is 10.8. The van der Waals surface area contributed by atoms with Crippen molar-refractivity contribution < 1.29 is 9.90 Å². The summed E-state index contributed by atoms with van der Waals surface area (Å²) in [6.45, 7) is 2.98. The second-order valence-corrected chi connectivity index (χ2v) is 3.59. The van der Waals surface area contributed by atoms with Crippen molar-refractivity contribution in [3.05, 3.63) is 35.4 Å². The average Bonchev–Trinajstić information content (AvgIpc) is 2.26. The summed E-state index contributed by atoms with van der Waals surface area (Å²) in [5.41, 5.74) is 1.45. The number of carboxylic acid groups (broad SMARTS) is 1. The molecule has 0 aliphatic rings.